The van der Waals surface area contributed by atoms with Crippen molar-refractivity contribution in [2.75, 3.05) is 0 Å². The maximum absolute atomic E-state index is 12.6. The molecule has 3 nitrogen and oxygen atoms in total. The lowest BCUT2D eigenvalue weighted by Gasteiger charge is -2.41. The second kappa shape index (κ2) is 9.76. The second-order valence-electron chi connectivity index (χ2n) is 10.1. The molecule has 3 rings (SSSR count). The molecule has 4 unspecified atom stereocenters. The van der Waals surface area contributed by atoms with Gasteiger partial charge in [-0.1, -0.05) is 40.0 Å². The molecule has 0 aromatic carbocycles. The first-order chi connectivity index (χ1) is 13.0. The lowest BCUT2D eigenvalue weighted by Crippen LogP contribution is -2.42. The summed E-state index contributed by atoms with van der Waals surface area (Å²) in [5.41, 5.74) is 0. The van der Waals surface area contributed by atoms with Gasteiger partial charge in [0.25, 0.3) is 0 Å². The third-order valence-electron chi connectivity index (χ3n) is 8.28. The average Bonchev–Trinajstić information content (AvgIpc) is 2.68. The Bertz CT molecular complexity index is 460. The van der Waals surface area contributed by atoms with Crippen LogP contribution in [-0.2, 0) is 9.53 Å². The second-order valence-corrected chi connectivity index (χ2v) is 10.1. The van der Waals surface area contributed by atoms with Gasteiger partial charge in [0.2, 0.25) is 0 Å². The van der Waals surface area contributed by atoms with Gasteiger partial charge in [0.15, 0.2) is 0 Å². The van der Waals surface area contributed by atoms with Gasteiger partial charge < -0.3 is 9.84 Å². The van der Waals surface area contributed by atoms with Crippen LogP contribution in [0.25, 0.3) is 0 Å². The van der Waals surface area contributed by atoms with Gasteiger partial charge in [-0.05, 0) is 87.4 Å². The Morgan fingerprint density at radius 1 is 0.963 bits per heavy atom. The van der Waals surface area contributed by atoms with E-state index < -0.39 is 6.10 Å². The number of esters is 1. The summed E-state index contributed by atoms with van der Waals surface area (Å²) in [7, 11) is 0. The molecule has 1 saturated heterocycles. The SMILES string of the molecule is CCCC(O)C1CCC(C2CCC(C(C)C3CCC(C)CC3)CC2)C(=O)O1. The van der Waals surface area contributed by atoms with Crippen LogP contribution in [-0.4, -0.2) is 23.3 Å². The Kier molecular flexibility index (Phi) is 7.65. The maximum atomic E-state index is 12.6. The highest BCUT2D eigenvalue weighted by Gasteiger charge is 2.40. The molecule has 0 spiro atoms. The van der Waals surface area contributed by atoms with E-state index >= 15 is 0 Å². The lowest BCUT2D eigenvalue weighted by molar-refractivity contribution is -0.171. The zero-order valence-electron chi connectivity index (χ0n) is 17.9. The van der Waals surface area contributed by atoms with Gasteiger partial charge in [-0.3, -0.25) is 4.79 Å². The largest absolute Gasteiger partial charge is 0.459 e. The minimum Gasteiger partial charge on any atom is -0.459 e. The molecule has 3 fully saturated rings. The quantitative estimate of drug-likeness (QED) is 0.600. The summed E-state index contributed by atoms with van der Waals surface area (Å²) in [5.74, 6) is 4.14. The van der Waals surface area contributed by atoms with Crippen LogP contribution in [0.4, 0.5) is 0 Å². The molecule has 3 heteroatoms. The molecule has 0 aromatic rings. The summed E-state index contributed by atoms with van der Waals surface area (Å²) >= 11 is 0. The Morgan fingerprint density at radius 2 is 1.56 bits per heavy atom. The molecule has 0 aromatic heterocycles. The molecule has 2 aliphatic carbocycles. The van der Waals surface area contributed by atoms with Crippen LogP contribution in [0.15, 0.2) is 0 Å². The molecule has 1 N–H and O–H groups in total. The van der Waals surface area contributed by atoms with E-state index in [1.165, 1.54) is 51.4 Å². The molecule has 3 aliphatic rings. The van der Waals surface area contributed by atoms with E-state index in [0.29, 0.717) is 5.92 Å². The standard InChI is InChI=1S/C24H42O3/c1-4-5-22(25)23-15-14-21(24(26)27-23)20-12-10-19(11-13-20)17(3)18-8-6-16(2)7-9-18/h16-23,25H,4-15H2,1-3H3. The van der Waals surface area contributed by atoms with Gasteiger partial charge in [-0.2, -0.15) is 0 Å². The highest BCUT2D eigenvalue weighted by atomic mass is 16.6. The van der Waals surface area contributed by atoms with Crippen molar-refractivity contribution in [3.63, 3.8) is 0 Å². The van der Waals surface area contributed by atoms with Crippen LogP contribution in [0.1, 0.15) is 97.8 Å². The molecule has 0 amide bonds. The predicted molar refractivity (Wildman–Crippen MR) is 109 cm³/mol. The lowest BCUT2D eigenvalue weighted by atomic mass is 9.66. The highest BCUT2D eigenvalue weighted by Crippen LogP contribution is 2.45. The van der Waals surface area contributed by atoms with Crippen molar-refractivity contribution in [2.24, 2.45) is 35.5 Å². The van der Waals surface area contributed by atoms with Crippen LogP contribution < -0.4 is 0 Å². The molecule has 0 radical (unpaired) electrons. The van der Waals surface area contributed by atoms with Crippen molar-refractivity contribution in [3.8, 4) is 0 Å². The maximum Gasteiger partial charge on any atom is 0.309 e. The first-order valence-electron chi connectivity index (χ1n) is 11.9. The van der Waals surface area contributed by atoms with Crippen LogP contribution in [0, 0.1) is 35.5 Å². The van der Waals surface area contributed by atoms with Gasteiger partial charge in [-0.25, -0.2) is 0 Å². The Morgan fingerprint density at radius 3 is 2.11 bits per heavy atom. The fourth-order valence-corrected chi connectivity index (χ4v) is 6.21. The normalized spacial score (nSPS) is 40.2. The molecule has 1 aliphatic heterocycles. The smallest absolute Gasteiger partial charge is 0.309 e. The number of hydrogen-bond donors (Lipinski definition) is 1. The zero-order valence-corrected chi connectivity index (χ0v) is 17.9. The molecular weight excluding hydrogens is 336 g/mol. The van der Waals surface area contributed by atoms with E-state index in [9.17, 15) is 9.90 Å². The third-order valence-corrected chi connectivity index (χ3v) is 8.28. The van der Waals surface area contributed by atoms with Crippen molar-refractivity contribution >= 4 is 5.97 Å². The van der Waals surface area contributed by atoms with E-state index in [2.05, 4.69) is 20.8 Å². The van der Waals surface area contributed by atoms with Gasteiger partial charge in [-0.15, -0.1) is 0 Å². The molecule has 27 heavy (non-hydrogen) atoms. The third kappa shape index (κ3) is 5.28. The summed E-state index contributed by atoms with van der Waals surface area (Å²) in [6.07, 6.45) is 13.3. The minimum atomic E-state index is -0.477. The number of cyclic esters (lactones) is 1. The Balaban J connectivity index is 1.44. The molecule has 156 valence electrons. The van der Waals surface area contributed by atoms with E-state index in [0.717, 1.165) is 49.4 Å². The number of carbonyl (C=O) groups is 1. The van der Waals surface area contributed by atoms with Crippen molar-refractivity contribution < 1.29 is 14.6 Å². The zero-order chi connectivity index (χ0) is 19.4. The van der Waals surface area contributed by atoms with Crippen LogP contribution in [0.5, 0.6) is 0 Å². The molecular formula is C24H42O3. The Hall–Kier alpha value is -0.570. The first kappa shape index (κ1) is 21.1. The highest BCUT2D eigenvalue weighted by molar-refractivity contribution is 5.73. The topological polar surface area (TPSA) is 46.5 Å². The summed E-state index contributed by atoms with van der Waals surface area (Å²) in [6.45, 7) is 6.96. The fourth-order valence-electron chi connectivity index (χ4n) is 6.21. The van der Waals surface area contributed by atoms with Crippen molar-refractivity contribution in [1.29, 1.82) is 0 Å². The Labute approximate surface area is 166 Å². The average molecular weight is 379 g/mol. The van der Waals surface area contributed by atoms with E-state index in [1.54, 1.807) is 0 Å². The van der Waals surface area contributed by atoms with E-state index in [4.69, 9.17) is 4.74 Å². The monoisotopic (exact) mass is 378 g/mol. The van der Waals surface area contributed by atoms with E-state index in [1.807, 2.05) is 0 Å². The van der Waals surface area contributed by atoms with Gasteiger partial charge >= 0.3 is 5.97 Å². The predicted octanol–water partition coefficient (Wildman–Crippen LogP) is 5.74. The van der Waals surface area contributed by atoms with Gasteiger partial charge in [0.05, 0.1) is 12.0 Å². The number of hydrogen-bond acceptors (Lipinski definition) is 3. The van der Waals surface area contributed by atoms with Crippen LogP contribution >= 0.6 is 0 Å². The summed E-state index contributed by atoms with van der Waals surface area (Å²) in [4.78, 5) is 12.6. The van der Waals surface area contributed by atoms with Crippen molar-refractivity contribution in [3.05, 3.63) is 0 Å². The molecule has 0 bridgehead atoms. The summed E-state index contributed by atoms with van der Waals surface area (Å²) in [5, 5.41) is 10.1. The summed E-state index contributed by atoms with van der Waals surface area (Å²) < 4.78 is 5.66. The number of aliphatic hydroxyl groups excluding tert-OH is 1. The van der Waals surface area contributed by atoms with Crippen molar-refractivity contribution in [1.82, 2.24) is 0 Å². The molecule has 4 atom stereocenters. The number of carbonyl (C=O) groups excluding carboxylic acids is 1. The number of rotatable bonds is 6. The molecule has 2 saturated carbocycles. The van der Waals surface area contributed by atoms with E-state index in [-0.39, 0.29) is 18.0 Å². The minimum absolute atomic E-state index is 0.0285. The van der Waals surface area contributed by atoms with Crippen LogP contribution in [0.3, 0.4) is 0 Å². The first-order valence-corrected chi connectivity index (χ1v) is 11.9. The van der Waals surface area contributed by atoms with Crippen molar-refractivity contribution in [2.45, 2.75) is 110 Å². The van der Waals surface area contributed by atoms with Gasteiger partial charge in [0.1, 0.15) is 6.10 Å². The number of aliphatic hydroxyl groups is 1. The number of ether oxygens (including phenoxy) is 1. The van der Waals surface area contributed by atoms with Crippen LogP contribution in [0.2, 0.25) is 0 Å². The van der Waals surface area contributed by atoms with Gasteiger partial charge in [0, 0.05) is 0 Å². The molecule has 1 heterocycles. The summed E-state index contributed by atoms with van der Waals surface area (Å²) in [6, 6.07) is 0. The fraction of sp³-hybridized carbons (Fsp3) is 0.958.